The Bertz CT molecular complexity index is 409. The van der Waals surface area contributed by atoms with Gasteiger partial charge in [-0.25, -0.2) is 0 Å². The summed E-state index contributed by atoms with van der Waals surface area (Å²) in [5.74, 6) is 1.01. The summed E-state index contributed by atoms with van der Waals surface area (Å²) < 4.78 is 5.47. The maximum Gasteiger partial charge on any atom is 0.122 e. The van der Waals surface area contributed by atoms with Crippen molar-refractivity contribution >= 4 is 11.3 Å². The Morgan fingerprint density at radius 2 is 2.24 bits per heavy atom. The van der Waals surface area contributed by atoms with Crippen LogP contribution in [0.3, 0.4) is 0 Å². The van der Waals surface area contributed by atoms with E-state index in [1.54, 1.807) is 17.6 Å². The van der Waals surface area contributed by atoms with Crippen molar-refractivity contribution in [2.45, 2.75) is 12.6 Å². The average molecular weight is 250 g/mol. The molecule has 0 saturated heterocycles. The molecular weight excluding hydrogens is 232 g/mol. The number of furan rings is 1. The second-order valence-corrected chi connectivity index (χ2v) is 5.24. The molecule has 4 heteroatoms. The highest BCUT2D eigenvalue weighted by atomic mass is 32.1. The maximum absolute atomic E-state index is 5.47. The van der Waals surface area contributed by atoms with Crippen molar-refractivity contribution in [3.63, 3.8) is 0 Å². The van der Waals surface area contributed by atoms with Crippen molar-refractivity contribution in [3.8, 4) is 0 Å². The number of nitrogens with zero attached hydrogens (tertiary/aromatic N) is 1. The van der Waals surface area contributed by atoms with E-state index in [1.165, 1.54) is 4.88 Å². The topological polar surface area (TPSA) is 28.4 Å². The van der Waals surface area contributed by atoms with Gasteiger partial charge in [-0.05, 0) is 37.7 Å². The Morgan fingerprint density at radius 3 is 2.82 bits per heavy atom. The second kappa shape index (κ2) is 6.00. The standard InChI is InChI=1S/C13H18N2OS/c1-15(2)12(13-6-3-7-16-13)10-14-9-11-5-4-8-17-11/h3-8,12,14H,9-10H2,1-2H3. The third-order valence-electron chi connectivity index (χ3n) is 2.71. The molecule has 0 aliphatic carbocycles. The zero-order valence-electron chi connectivity index (χ0n) is 10.2. The Labute approximate surface area is 106 Å². The van der Waals surface area contributed by atoms with Crippen molar-refractivity contribution in [1.29, 1.82) is 0 Å². The lowest BCUT2D eigenvalue weighted by Crippen LogP contribution is -2.30. The Balaban J connectivity index is 1.86. The molecule has 92 valence electrons. The lowest BCUT2D eigenvalue weighted by atomic mass is 10.2. The minimum atomic E-state index is 0.282. The Morgan fingerprint density at radius 1 is 1.35 bits per heavy atom. The van der Waals surface area contributed by atoms with Gasteiger partial charge in [0.05, 0.1) is 12.3 Å². The summed E-state index contributed by atoms with van der Waals surface area (Å²) in [7, 11) is 4.14. The van der Waals surface area contributed by atoms with Crippen molar-refractivity contribution in [2.75, 3.05) is 20.6 Å². The molecule has 0 radical (unpaired) electrons. The van der Waals surface area contributed by atoms with E-state index in [1.807, 2.05) is 12.1 Å². The van der Waals surface area contributed by atoms with Gasteiger partial charge in [0.1, 0.15) is 5.76 Å². The molecule has 3 nitrogen and oxygen atoms in total. The molecule has 0 aliphatic rings. The minimum absolute atomic E-state index is 0.282. The van der Waals surface area contributed by atoms with Gasteiger partial charge in [0.15, 0.2) is 0 Å². The molecule has 1 atom stereocenters. The first-order chi connectivity index (χ1) is 8.27. The molecule has 0 saturated carbocycles. The fourth-order valence-electron chi connectivity index (χ4n) is 1.76. The highest BCUT2D eigenvalue weighted by Gasteiger charge is 2.16. The monoisotopic (exact) mass is 250 g/mol. The van der Waals surface area contributed by atoms with Gasteiger partial charge in [-0.15, -0.1) is 11.3 Å². The van der Waals surface area contributed by atoms with Gasteiger partial charge in [-0.3, -0.25) is 4.90 Å². The van der Waals surface area contributed by atoms with Gasteiger partial charge < -0.3 is 9.73 Å². The van der Waals surface area contributed by atoms with Crippen LogP contribution in [0.15, 0.2) is 40.3 Å². The predicted octanol–water partition coefficient (Wildman–Crippen LogP) is 2.73. The summed E-state index contributed by atoms with van der Waals surface area (Å²) in [6, 6.07) is 8.47. The highest BCUT2D eigenvalue weighted by molar-refractivity contribution is 7.09. The first-order valence-corrected chi connectivity index (χ1v) is 6.58. The number of hydrogen-bond donors (Lipinski definition) is 1. The predicted molar refractivity (Wildman–Crippen MR) is 71.2 cm³/mol. The first kappa shape index (κ1) is 12.4. The summed E-state index contributed by atoms with van der Waals surface area (Å²) in [5, 5.41) is 5.57. The number of rotatable bonds is 6. The number of likely N-dealkylation sites (N-methyl/N-ethyl adjacent to an activating group) is 1. The van der Waals surface area contributed by atoms with Crippen LogP contribution < -0.4 is 5.32 Å². The summed E-state index contributed by atoms with van der Waals surface area (Å²) in [5.41, 5.74) is 0. The number of thiophene rings is 1. The molecule has 2 heterocycles. The Kier molecular flexibility index (Phi) is 4.36. The number of hydrogen-bond acceptors (Lipinski definition) is 4. The van der Waals surface area contributed by atoms with Crippen LogP contribution in [0.1, 0.15) is 16.7 Å². The summed E-state index contributed by atoms with van der Waals surface area (Å²) in [6.07, 6.45) is 1.73. The molecule has 2 rings (SSSR count). The van der Waals surface area contributed by atoms with E-state index in [-0.39, 0.29) is 6.04 Å². The van der Waals surface area contributed by atoms with Crippen LogP contribution in [0.2, 0.25) is 0 Å². The molecule has 0 amide bonds. The smallest absolute Gasteiger partial charge is 0.122 e. The van der Waals surface area contributed by atoms with Gasteiger partial charge in [0, 0.05) is 18.0 Å². The molecule has 1 unspecified atom stereocenters. The number of nitrogens with one attached hydrogen (secondary N) is 1. The fraction of sp³-hybridized carbons (Fsp3) is 0.385. The van der Waals surface area contributed by atoms with E-state index in [4.69, 9.17) is 4.42 Å². The largest absolute Gasteiger partial charge is 0.468 e. The minimum Gasteiger partial charge on any atom is -0.468 e. The Hall–Kier alpha value is -1.10. The lowest BCUT2D eigenvalue weighted by Gasteiger charge is -2.22. The van der Waals surface area contributed by atoms with Crippen LogP contribution >= 0.6 is 11.3 Å². The van der Waals surface area contributed by atoms with Gasteiger partial charge in [0.25, 0.3) is 0 Å². The third kappa shape index (κ3) is 3.43. The lowest BCUT2D eigenvalue weighted by molar-refractivity contribution is 0.250. The van der Waals surface area contributed by atoms with Crippen LogP contribution in [0.5, 0.6) is 0 Å². The molecule has 0 bridgehead atoms. The summed E-state index contributed by atoms with van der Waals surface area (Å²) >= 11 is 1.78. The third-order valence-corrected chi connectivity index (χ3v) is 3.59. The van der Waals surface area contributed by atoms with E-state index in [0.29, 0.717) is 0 Å². The van der Waals surface area contributed by atoms with Crippen molar-refractivity contribution in [2.24, 2.45) is 0 Å². The van der Waals surface area contributed by atoms with Crippen LogP contribution in [-0.4, -0.2) is 25.5 Å². The maximum atomic E-state index is 5.47. The van der Waals surface area contributed by atoms with Crippen molar-refractivity contribution < 1.29 is 4.42 Å². The van der Waals surface area contributed by atoms with Crippen LogP contribution in [0.25, 0.3) is 0 Å². The SMILES string of the molecule is CN(C)C(CNCc1cccs1)c1ccco1. The van der Waals surface area contributed by atoms with Crippen molar-refractivity contribution in [1.82, 2.24) is 10.2 Å². The second-order valence-electron chi connectivity index (χ2n) is 4.21. The molecular formula is C13H18N2OS. The van der Waals surface area contributed by atoms with Crippen LogP contribution in [0.4, 0.5) is 0 Å². The van der Waals surface area contributed by atoms with E-state index >= 15 is 0 Å². The van der Waals surface area contributed by atoms with E-state index < -0.39 is 0 Å². The molecule has 0 fully saturated rings. The summed E-state index contributed by atoms with van der Waals surface area (Å²) in [6.45, 7) is 1.81. The molecule has 0 aromatic carbocycles. The van der Waals surface area contributed by atoms with Gasteiger partial charge >= 0.3 is 0 Å². The molecule has 17 heavy (non-hydrogen) atoms. The quantitative estimate of drug-likeness (QED) is 0.854. The zero-order chi connectivity index (χ0) is 12.1. The average Bonchev–Trinajstić information content (AvgIpc) is 2.96. The molecule has 0 spiro atoms. The molecule has 2 aromatic rings. The van der Waals surface area contributed by atoms with Gasteiger partial charge in [-0.1, -0.05) is 6.07 Å². The van der Waals surface area contributed by atoms with E-state index in [2.05, 4.69) is 41.8 Å². The zero-order valence-corrected chi connectivity index (χ0v) is 11.0. The van der Waals surface area contributed by atoms with Crippen LogP contribution in [-0.2, 0) is 6.54 Å². The van der Waals surface area contributed by atoms with Crippen molar-refractivity contribution in [3.05, 3.63) is 46.5 Å². The molecule has 0 aliphatic heterocycles. The fourth-order valence-corrected chi connectivity index (χ4v) is 2.44. The first-order valence-electron chi connectivity index (χ1n) is 5.70. The van der Waals surface area contributed by atoms with E-state index in [9.17, 15) is 0 Å². The molecule has 2 aromatic heterocycles. The summed E-state index contributed by atoms with van der Waals surface area (Å²) in [4.78, 5) is 3.53. The molecule has 1 N–H and O–H groups in total. The van der Waals surface area contributed by atoms with E-state index in [0.717, 1.165) is 18.8 Å². The normalized spacial score (nSPS) is 13.1. The van der Waals surface area contributed by atoms with Gasteiger partial charge in [-0.2, -0.15) is 0 Å². The highest BCUT2D eigenvalue weighted by Crippen LogP contribution is 2.18. The van der Waals surface area contributed by atoms with Gasteiger partial charge in [0.2, 0.25) is 0 Å². The van der Waals surface area contributed by atoms with Crippen LogP contribution in [0, 0.1) is 0 Å².